The molecule has 2 nitrogen and oxygen atoms in total. The van der Waals surface area contributed by atoms with Crippen LogP contribution in [0.15, 0.2) is 42.5 Å². The van der Waals surface area contributed by atoms with Crippen LogP contribution < -0.4 is 10.1 Å². The van der Waals surface area contributed by atoms with Crippen molar-refractivity contribution >= 4 is 5.69 Å². The van der Waals surface area contributed by atoms with Gasteiger partial charge in [-0.15, -0.1) is 0 Å². The average Bonchev–Trinajstić information content (AvgIpc) is 2.65. The summed E-state index contributed by atoms with van der Waals surface area (Å²) < 4.78 is 19.6. The fourth-order valence-corrected chi connectivity index (χ4v) is 2.63. The molecule has 1 N–H and O–H groups in total. The second-order valence-electron chi connectivity index (χ2n) is 5.78. The Bertz CT molecular complexity index is 651. The van der Waals surface area contributed by atoms with Crippen LogP contribution in [0.4, 0.5) is 10.1 Å². The molecule has 0 aromatic heterocycles. The van der Waals surface area contributed by atoms with Crippen molar-refractivity contribution in [1.29, 1.82) is 0 Å². The number of aryl methyl sites for hydroxylation is 1. The zero-order valence-electron chi connectivity index (χ0n) is 11.9. The molecule has 20 heavy (non-hydrogen) atoms. The number of ether oxygens (including phenoxy) is 1. The van der Waals surface area contributed by atoms with Gasteiger partial charge in [0.2, 0.25) is 0 Å². The number of hydrogen-bond donors (Lipinski definition) is 1. The molecular formula is C17H18FNO. The van der Waals surface area contributed by atoms with Gasteiger partial charge in [-0.05, 0) is 44.5 Å². The first kappa shape index (κ1) is 13.0. The highest BCUT2D eigenvalue weighted by Crippen LogP contribution is 2.44. The van der Waals surface area contributed by atoms with E-state index in [0.29, 0.717) is 5.56 Å². The molecule has 104 valence electrons. The number of fused-ring (bicyclic) bond motifs is 1. The van der Waals surface area contributed by atoms with E-state index >= 15 is 0 Å². The van der Waals surface area contributed by atoms with Crippen LogP contribution in [0.5, 0.6) is 5.75 Å². The topological polar surface area (TPSA) is 21.3 Å². The second-order valence-corrected chi connectivity index (χ2v) is 5.78. The molecule has 0 bridgehead atoms. The zero-order chi connectivity index (χ0) is 14.3. The first-order valence-corrected chi connectivity index (χ1v) is 6.78. The number of para-hydroxylation sites is 1. The number of rotatable bonds is 2. The van der Waals surface area contributed by atoms with Crippen molar-refractivity contribution in [2.24, 2.45) is 0 Å². The van der Waals surface area contributed by atoms with Gasteiger partial charge in [-0.3, -0.25) is 0 Å². The van der Waals surface area contributed by atoms with E-state index in [9.17, 15) is 4.39 Å². The van der Waals surface area contributed by atoms with Crippen molar-refractivity contribution < 1.29 is 9.13 Å². The first-order valence-electron chi connectivity index (χ1n) is 6.78. The van der Waals surface area contributed by atoms with Gasteiger partial charge in [-0.2, -0.15) is 0 Å². The largest absolute Gasteiger partial charge is 0.485 e. The van der Waals surface area contributed by atoms with E-state index in [1.54, 1.807) is 13.0 Å². The van der Waals surface area contributed by atoms with Crippen LogP contribution in [0.1, 0.15) is 31.0 Å². The molecule has 1 aliphatic heterocycles. The van der Waals surface area contributed by atoms with Gasteiger partial charge in [0.15, 0.2) is 0 Å². The highest BCUT2D eigenvalue weighted by molar-refractivity contribution is 5.52. The molecule has 1 heterocycles. The molecule has 0 spiro atoms. The zero-order valence-corrected chi connectivity index (χ0v) is 11.9. The molecule has 2 aromatic carbocycles. The summed E-state index contributed by atoms with van der Waals surface area (Å²) in [5.74, 6) is 0.697. The SMILES string of the molecule is Cc1ccc(NC2c3ccccc3OC2(C)C)cc1F. The monoisotopic (exact) mass is 271 g/mol. The Morgan fingerprint density at radius 3 is 2.65 bits per heavy atom. The van der Waals surface area contributed by atoms with Crippen molar-refractivity contribution in [3.63, 3.8) is 0 Å². The summed E-state index contributed by atoms with van der Waals surface area (Å²) in [5.41, 5.74) is 2.16. The average molecular weight is 271 g/mol. The minimum atomic E-state index is -0.370. The minimum absolute atomic E-state index is 0.000746. The molecule has 2 aromatic rings. The summed E-state index contributed by atoms with van der Waals surface area (Å²) in [6.45, 7) is 5.83. The Hall–Kier alpha value is -2.03. The third kappa shape index (κ3) is 2.13. The lowest BCUT2D eigenvalue weighted by atomic mass is 9.94. The number of halogens is 1. The molecule has 1 unspecified atom stereocenters. The minimum Gasteiger partial charge on any atom is -0.485 e. The molecule has 0 radical (unpaired) electrons. The Labute approximate surface area is 118 Å². The molecule has 3 heteroatoms. The molecule has 1 atom stereocenters. The summed E-state index contributed by atoms with van der Waals surface area (Å²) in [6, 6.07) is 13.2. The summed E-state index contributed by atoms with van der Waals surface area (Å²) in [4.78, 5) is 0. The smallest absolute Gasteiger partial charge is 0.128 e. The van der Waals surface area contributed by atoms with Gasteiger partial charge < -0.3 is 10.1 Å². The Morgan fingerprint density at radius 1 is 1.15 bits per heavy atom. The maximum atomic E-state index is 13.7. The lowest BCUT2D eigenvalue weighted by Crippen LogP contribution is -2.34. The van der Waals surface area contributed by atoms with Crippen LogP contribution >= 0.6 is 0 Å². The molecule has 0 fully saturated rings. The van der Waals surface area contributed by atoms with Gasteiger partial charge >= 0.3 is 0 Å². The molecule has 0 amide bonds. The van der Waals surface area contributed by atoms with E-state index < -0.39 is 0 Å². The second kappa shape index (κ2) is 4.51. The molecule has 0 saturated carbocycles. The summed E-state index contributed by atoms with van der Waals surface area (Å²) in [7, 11) is 0. The standard InChI is InChI=1S/C17H18FNO/c1-11-8-9-12(10-14(11)18)19-16-13-6-4-5-7-15(13)20-17(16,2)3/h4-10,16,19H,1-3H3. The number of nitrogens with one attached hydrogen (secondary N) is 1. The highest BCUT2D eigenvalue weighted by Gasteiger charge is 2.40. The van der Waals surface area contributed by atoms with Gasteiger partial charge in [0, 0.05) is 11.3 Å². The van der Waals surface area contributed by atoms with Crippen LogP contribution in [0.3, 0.4) is 0 Å². The lowest BCUT2D eigenvalue weighted by Gasteiger charge is -2.28. The normalized spacial score (nSPS) is 19.3. The molecule has 0 aliphatic carbocycles. The van der Waals surface area contributed by atoms with E-state index in [4.69, 9.17) is 4.74 Å². The predicted molar refractivity (Wildman–Crippen MR) is 78.6 cm³/mol. The van der Waals surface area contributed by atoms with Crippen molar-refractivity contribution in [3.8, 4) is 5.75 Å². The Morgan fingerprint density at radius 2 is 1.90 bits per heavy atom. The van der Waals surface area contributed by atoms with Crippen molar-refractivity contribution in [2.45, 2.75) is 32.4 Å². The summed E-state index contributed by atoms with van der Waals surface area (Å²) >= 11 is 0. The molecule has 3 rings (SSSR count). The maximum absolute atomic E-state index is 13.7. The number of anilines is 1. The first-order chi connectivity index (χ1) is 9.47. The Kier molecular flexibility index (Phi) is 2.93. The van der Waals surface area contributed by atoms with Crippen LogP contribution in [-0.2, 0) is 0 Å². The van der Waals surface area contributed by atoms with E-state index in [1.165, 1.54) is 6.07 Å². The quantitative estimate of drug-likeness (QED) is 0.870. The van der Waals surface area contributed by atoms with Crippen LogP contribution in [-0.4, -0.2) is 5.60 Å². The number of benzene rings is 2. The third-order valence-corrected chi connectivity index (χ3v) is 3.78. The van der Waals surface area contributed by atoms with Crippen LogP contribution in [0, 0.1) is 12.7 Å². The fraction of sp³-hybridized carbons (Fsp3) is 0.294. The van der Waals surface area contributed by atoms with Gasteiger partial charge in [-0.1, -0.05) is 24.3 Å². The maximum Gasteiger partial charge on any atom is 0.128 e. The summed E-state index contributed by atoms with van der Waals surface area (Å²) in [6.07, 6.45) is 0. The Balaban J connectivity index is 1.94. The van der Waals surface area contributed by atoms with E-state index in [0.717, 1.165) is 17.0 Å². The van der Waals surface area contributed by atoms with Gasteiger partial charge in [0.05, 0.1) is 6.04 Å². The van der Waals surface area contributed by atoms with Crippen molar-refractivity contribution in [3.05, 3.63) is 59.4 Å². The van der Waals surface area contributed by atoms with E-state index in [-0.39, 0.29) is 17.5 Å². The molecule has 1 aliphatic rings. The molecular weight excluding hydrogens is 253 g/mol. The van der Waals surface area contributed by atoms with Gasteiger partial charge in [0.25, 0.3) is 0 Å². The van der Waals surface area contributed by atoms with Gasteiger partial charge in [-0.25, -0.2) is 4.39 Å². The van der Waals surface area contributed by atoms with Crippen molar-refractivity contribution in [1.82, 2.24) is 0 Å². The third-order valence-electron chi connectivity index (χ3n) is 3.78. The van der Waals surface area contributed by atoms with Gasteiger partial charge in [0.1, 0.15) is 17.2 Å². The highest BCUT2D eigenvalue weighted by atomic mass is 19.1. The van der Waals surface area contributed by atoms with Crippen molar-refractivity contribution in [2.75, 3.05) is 5.32 Å². The lowest BCUT2D eigenvalue weighted by molar-refractivity contribution is 0.118. The predicted octanol–water partition coefficient (Wildman–Crippen LogP) is 4.46. The summed E-state index contributed by atoms with van der Waals surface area (Å²) in [5, 5.41) is 3.39. The molecule has 0 saturated heterocycles. The van der Waals surface area contributed by atoms with Crippen LogP contribution in [0.25, 0.3) is 0 Å². The number of hydrogen-bond acceptors (Lipinski definition) is 2. The van der Waals surface area contributed by atoms with Crippen LogP contribution in [0.2, 0.25) is 0 Å². The van der Waals surface area contributed by atoms with E-state index in [2.05, 4.69) is 5.32 Å². The fourth-order valence-electron chi connectivity index (χ4n) is 2.63. The van der Waals surface area contributed by atoms with E-state index in [1.807, 2.05) is 44.2 Å².